The van der Waals surface area contributed by atoms with E-state index < -0.39 is 0 Å². The molecule has 1 saturated carbocycles. The van der Waals surface area contributed by atoms with E-state index in [1.807, 2.05) is 37.3 Å². The number of aromatic nitrogens is 2. The number of hydrogen-bond donors (Lipinski definition) is 1. The summed E-state index contributed by atoms with van der Waals surface area (Å²) in [7, 11) is 0. The number of para-hydroxylation sites is 1. The minimum absolute atomic E-state index is 0.101. The van der Waals surface area contributed by atoms with E-state index in [0.29, 0.717) is 18.3 Å². The first kappa shape index (κ1) is 15.5. The molecule has 2 aromatic rings. The molecular weight excluding hydrogens is 288 g/mol. The number of benzene rings is 1. The maximum atomic E-state index is 12.8. The van der Waals surface area contributed by atoms with E-state index in [9.17, 15) is 4.79 Å². The molecule has 1 amide bonds. The van der Waals surface area contributed by atoms with Crippen LogP contribution in [0.2, 0.25) is 0 Å². The lowest BCUT2D eigenvalue weighted by Gasteiger charge is -2.21. The predicted octanol–water partition coefficient (Wildman–Crippen LogP) is 3.50. The van der Waals surface area contributed by atoms with Crippen LogP contribution in [0.25, 0.3) is 0 Å². The number of amides is 1. The van der Waals surface area contributed by atoms with Crippen LogP contribution < -0.4 is 10.2 Å². The molecule has 23 heavy (non-hydrogen) atoms. The van der Waals surface area contributed by atoms with Crippen LogP contribution in [0.1, 0.15) is 43.1 Å². The first-order valence-corrected chi connectivity index (χ1v) is 8.23. The summed E-state index contributed by atoms with van der Waals surface area (Å²) < 4.78 is 0. The third kappa shape index (κ3) is 3.67. The molecule has 1 aliphatic rings. The first-order chi connectivity index (χ1) is 11.3. The average molecular weight is 310 g/mol. The molecule has 0 bridgehead atoms. The van der Waals surface area contributed by atoms with Crippen molar-refractivity contribution in [3.8, 4) is 0 Å². The van der Waals surface area contributed by atoms with Gasteiger partial charge in [-0.1, -0.05) is 31.0 Å². The van der Waals surface area contributed by atoms with E-state index >= 15 is 0 Å². The fraction of sp³-hybridized carbons (Fsp3) is 0.389. The maximum Gasteiger partial charge on any atom is 0.277 e. The number of nitrogens with zero attached hydrogens (tertiary/aromatic N) is 3. The fourth-order valence-electron chi connectivity index (χ4n) is 3.02. The Morgan fingerprint density at radius 2 is 1.96 bits per heavy atom. The van der Waals surface area contributed by atoms with Crippen molar-refractivity contribution in [3.05, 3.63) is 48.4 Å². The van der Waals surface area contributed by atoms with Gasteiger partial charge in [-0.25, -0.2) is 9.97 Å². The van der Waals surface area contributed by atoms with Gasteiger partial charge >= 0.3 is 0 Å². The molecule has 0 aliphatic heterocycles. The maximum absolute atomic E-state index is 12.8. The Kier molecular flexibility index (Phi) is 4.86. The second kappa shape index (κ2) is 7.22. The minimum atomic E-state index is -0.101. The molecule has 5 heteroatoms. The highest BCUT2D eigenvalue weighted by atomic mass is 16.2. The second-order valence-electron chi connectivity index (χ2n) is 5.80. The van der Waals surface area contributed by atoms with Gasteiger partial charge in [0.15, 0.2) is 0 Å². The second-order valence-corrected chi connectivity index (χ2v) is 5.80. The number of rotatable bonds is 5. The lowest BCUT2D eigenvalue weighted by molar-refractivity contribution is 0.0983. The quantitative estimate of drug-likeness (QED) is 0.918. The van der Waals surface area contributed by atoms with E-state index in [-0.39, 0.29) is 5.91 Å². The van der Waals surface area contributed by atoms with E-state index in [1.165, 1.54) is 32.0 Å². The summed E-state index contributed by atoms with van der Waals surface area (Å²) in [4.78, 5) is 22.9. The Labute approximate surface area is 136 Å². The van der Waals surface area contributed by atoms with E-state index in [2.05, 4.69) is 15.3 Å². The van der Waals surface area contributed by atoms with Crippen LogP contribution in [0.3, 0.4) is 0 Å². The summed E-state index contributed by atoms with van der Waals surface area (Å²) in [6.45, 7) is 2.56. The van der Waals surface area contributed by atoms with E-state index in [0.717, 1.165) is 11.5 Å². The van der Waals surface area contributed by atoms with Crippen LogP contribution >= 0.6 is 0 Å². The van der Waals surface area contributed by atoms with Gasteiger partial charge in [-0.3, -0.25) is 4.79 Å². The zero-order chi connectivity index (χ0) is 16.1. The molecule has 0 atom stereocenters. The zero-order valence-electron chi connectivity index (χ0n) is 13.4. The van der Waals surface area contributed by atoms with Crippen molar-refractivity contribution in [1.82, 2.24) is 9.97 Å². The molecule has 5 nitrogen and oxygen atoms in total. The lowest BCUT2D eigenvalue weighted by atomic mass is 10.2. The van der Waals surface area contributed by atoms with Crippen LogP contribution in [0.5, 0.6) is 0 Å². The van der Waals surface area contributed by atoms with Gasteiger partial charge in [0.05, 0.1) is 0 Å². The van der Waals surface area contributed by atoms with E-state index in [1.54, 1.807) is 11.0 Å². The molecule has 0 radical (unpaired) electrons. The third-order valence-corrected chi connectivity index (χ3v) is 4.22. The molecule has 120 valence electrons. The Hall–Kier alpha value is -2.43. The molecule has 1 aromatic carbocycles. The van der Waals surface area contributed by atoms with Crippen molar-refractivity contribution in [1.29, 1.82) is 0 Å². The molecule has 1 N–H and O–H groups in total. The van der Waals surface area contributed by atoms with Crippen molar-refractivity contribution >= 4 is 17.4 Å². The summed E-state index contributed by atoms with van der Waals surface area (Å²) in [5.74, 6) is 0.634. The number of carbonyl (C=O) groups excluding carboxylic acids is 1. The monoisotopic (exact) mass is 310 g/mol. The highest BCUT2D eigenvalue weighted by Gasteiger charge is 2.19. The van der Waals surface area contributed by atoms with Gasteiger partial charge in [-0.05, 0) is 31.9 Å². The Balaban J connectivity index is 1.78. The molecular formula is C18H22N4O. The summed E-state index contributed by atoms with van der Waals surface area (Å²) in [5.41, 5.74) is 1.30. The molecule has 1 aliphatic carbocycles. The SMILES string of the molecule is CCN(C(=O)c1cc(NC2CCCC2)ncn1)c1ccccc1. The van der Waals surface area contributed by atoms with E-state index in [4.69, 9.17) is 0 Å². The van der Waals surface area contributed by atoms with Crippen molar-refractivity contribution < 1.29 is 4.79 Å². The number of nitrogens with one attached hydrogen (secondary N) is 1. The summed E-state index contributed by atoms with van der Waals surface area (Å²) in [6.07, 6.45) is 6.30. The molecule has 0 unspecified atom stereocenters. The largest absolute Gasteiger partial charge is 0.367 e. The van der Waals surface area contributed by atoms with Crippen LogP contribution in [0, 0.1) is 0 Å². The molecule has 1 fully saturated rings. The topological polar surface area (TPSA) is 58.1 Å². The molecule has 1 aromatic heterocycles. The van der Waals surface area contributed by atoms with Crippen LogP contribution in [0.4, 0.5) is 11.5 Å². The van der Waals surface area contributed by atoms with Gasteiger partial charge in [0.1, 0.15) is 17.8 Å². The third-order valence-electron chi connectivity index (χ3n) is 4.22. The first-order valence-electron chi connectivity index (χ1n) is 8.23. The summed E-state index contributed by atoms with van der Waals surface area (Å²) >= 11 is 0. The van der Waals surface area contributed by atoms with Crippen molar-refractivity contribution in [2.75, 3.05) is 16.8 Å². The zero-order valence-corrected chi connectivity index (χ0v) is 13.4. The predicted molar refractivity (Wildman–Crippen MR) is 91.7 cm³/mol. The van der Waals surface area contributed by atoms with Crippen LogP contribution in [-0.4, -0.2) is 28.5 Å². The highest BCUT2D eigenvalue weighted by Crippen LogP contribution is 2.22. The normalized spacial score (nSPS) is 14.7. The summed E-state index contributed by atoms with van der Waals surface area (Å²) in [6, 6.07) is 11.9. The highest BCUT2D eigenvalue weighted by molar-refractivity contribution is 6.05. The minimum Gasteiger partial charge on any atom is -0.367 e. The Morgan fingerprint density at radius 3 is 2.65 bits per heavy atom. The van der Waals surface area contributed by atoms with Crippen molar-refractivity contribution in [2.24, 2.45) is 0 Å². The van der Waals surface area contributed by atoms with Gasteiger partial charge in [-0.15, -0.1) is 0 Å². The number of carbonyl (C=O) groups is 1. The lowest BCUT2D eigenvalue weighted by Crippen LogP contribution is -2.31. The van der Waals surface area contributed by atoms with Gasteiger partial charge < -0.3 is 10.2 Å². The fourth-order valence-corrected chi connectivity index (χ4v) is 3.02. The number of hydrogen-bond acceptors (Lipinski definition) is 4. The Morgan fingerprint density at radius 1 is 1.22 bits per heavy atom. The van der Waals surface area contributed by atoms with Crippen molar-refractivity contribution in [2.45, 2.75) is 38.6 Å². The van der Waals surface area contributed by atoms with Gasteiger partial charge in [0, 0.05) is 24.3 Å². The average Bonchev–Trinajstić information content (AvgIpc) is 3.10. The Bertz CT molecular complexity index is 653. The summed E-state index contributed by atoms with van der Waals surface area (Å²) in [5, 5.41) is 3.41. The standard InChI is InChI=1S/C18H22N4O/c1-2-22(15-10-4-3-5-11-15)18(23)16-12-17(20-13-19-16)21-14-8-6-7-9-14/h3-5,10-14H,2,6-9H2,1H3,(H,19,20,21). The molecule has 0 saturated heterocycles. The number of anilines is 2. The molecule has 3 rings (SSSR count). The molecule has 0 spiro atoms. The van der Waals surface area contributed by atoms with Crippen molar-refractivity contribution in [3.63, 3.8) is 0 Å². The van der Waals surface area contributed by atoms with Gasteiger partial charge in [0.25, 0.3) is 5.91 Å². The van der Waals surface area contributed by atoms with Gasteiger partial charge in [0.2, 0.25) is 0 Å². The van der Waals surface area contributed by atoms with Gasteiger partial charge in [-0.2, -0.15) is 0 Å². The van der Waals surface area contributed by atoms with Crippen LogP contribution in [0.15, 0.2) is 42.7 Å². The smallest absolute Gasteiger partial charge is 0.277 e. The molecule has 1 heterocycles. The van der Waals surface area contributed by atoms with Crippen LogP contribution in [-0.2, 0) is 0 Å².